The number of hydrogen-bond donors (Lipinski definition) is 0. The number of esters is 1. The second kappa shape index (κ2) is 7.37. The third kappa shape index (κ3) is 5.88. The molecule has 0 saturated carbocycles. The quantitative estimate of drug-likeness (QED) is 0.419. The first-order valence-corrected chi connectivity index (χ1v) is 7.17. The molecule has 0 aliphatic carbocycles. The molecule has 0 spiro atoms. The molecule has 0 saturated heterocycles. The van der Waals surface area contributed by atoms with Crippen LogP contribution in [0.2, 0.25) is 0 Å². The first-order chi connectivity index (χ1) is 10.5. The fourth-order valence-corrected chi connectivity index (χ4v) is 2.21. The van der Waals surface area contributed by atoms with Gasteiger partial charge in [-0.3, -0.25) is 4.79 Å². The van der Waals surface area contributed by atoms with Gasteiger partial charge in [-0.2, -0.15) is 13.2 Å². The normalized spacial score (nSPS) is 12.2. The summed E-state index contributed by atoms with van der Waals surface area (Å²) in [5, 5.41) is -0.293. The number of alkyl halides is 7. The molecule has 0 aromatic carbocycles. The van der Waals surface area contributed by atoms with Crippen LogP contribution in [0.4, 0.5) is 26.3 Å². The summed E-state index contributed by atoms with van der Waals surface area (Å²) in [7, 11) is 0. The van der Waals surface area contributed by atoms with Crippen molar-refractivity contribution in [2.24, 2.45) is 0 Å². The third-order valence-corrected chi connectivity index (χ3v) is 3.02. The lowest BCUT2D eigenvalue weighted by Gasteiger charge is -2.17. The molecule has 0 atom stereocenters. The molecule has 0 radical (unpaired) electrons. The van der Waals surface area contributed by atoms with E-state index in [0.717, 1.165) is 0 Å². The van der Waals surface area contributed by atoms with Crippen molar-refractivity contribution in [2.75, 3.05) is 6.61 Å². The summed E-state index contributed by atoms with van der Waals surface area (Å²) in [6.45, 7) is 1.46. The van der Waals surface area contributed by atoms with Gasteiger partial charge in [-0.15, -0.1) is 13.2 Å². The van der Waals surface area contributed by atoms with Crippen LogP contribution in [-0.2, 0) is 27.5 Å². The maximum atomic E-state index is 12.8. The summed E-state index contributed by atoms with van der Waals surface area (Å²) in [5.74, 6) is -2.14. The average Bonchev–Trinajstić information content (AvgIpc) is 2.35. The fourth-order valence-electron chi connectivity index (χ4n) is 1.61. The Balaban J connectivity index is 3.40. The van der Waals surface area contributed by atoms with Gasteiger partial charge < -0.3 is 9.47 Å². The van der Waals surface area contributed by atoms with Crippen LogP contribution in [0, 0.1) is 0 Å². The Morgan fingerprint density at radius 3 is 2.30 bits per heavy atom. The Morgan fingerprint density at radius 1 is 1.26 bits per heavy atom. The van der Waals surface area contributed by atoms with Gasteiger partial charge in [0.15, 0.2) is 0 Å². The largest absolute Gasteiger partial charge is 0.574 e. The molecule has 1 heterocycles. The van der Waals surface area contributed by atoms with E-state index in [1.54, 1.807) is 0 Å². The summed E-state index contributed by atoms with van der Waals surface area (Å²) < 4.78 is 83.5. The number of aromatic nitrogens is 1. The van der Waals surface area contributed by atoms with E-state index < -0.39 is 36.5 Å². The minimum atomic E-state index is -5.23. The van der Waals surface area contributed by atoms with Gasteiger partial charge in [0.05, 0.1) is 13.0 Å². The van der Waals surface area contributed by atoms with Crippen molar-refractivity contribution in [1.29, 1.82) is 0 Å². The maximum Gasteiger partial charge on any atom is 0.574 e. The Morgan fingerprint density at radius 2 is 1.87 bits per heavy atom. The van der Waals surface area contributed by atoms with Crippen LogP contribution >= 0.6 is 15.9 Å². The number of halogens is 7. The molecule has 1 aromatic heterocycles. The van der Waals surface area contributed by atoms with E-state index >= 15 is 0 Å². The summed E-state index contributed by atoms with van der Waals surface area (Å²) in [6.07, 6.45) is -10.9. The predicted octanol–water partition coefficient (Wildman–Crippen LogP) is 4.00. The van der Waals surface area contributed by atoms with Crippen molar-refractivity contribution >= 4 is 21.9 Å². The highest BCUT2D eigenvalue weighted by atomic mass is 79.9. The SMILES string of the molecule is CCOC(=O)Cc1cc(C(F)(F)F)nc(OC(F)(F)F)c1CBr. The third-order valence-electron chi connectivity index (χ3n) is 2.46. The van der Waals surface area contributed by atoms with Crippen molar-refractivity contribution in [2.45, 2.75) is 31.2 Å². The van der Waals surface area contributed by atoms with Crippen molar-refractivity contribution < 1.29 is 40.6 Å². The highest BCUT2D eigenvalue weighted by Crippen LogP contribution is 2.35. The van der Waals surface area contributed by atoms with Crippen LogP contribution in [0.15, 0.2) is 6.07 Å². The Bertz CT molecular complexity index is 573. The number of pyridine rings is 1. The summed E-state index contributed by atoms with van der Waals surface area (Å²) in [5.41, 5.74) is -2.23. The van der Waals surface area contributed by atoms with Gasteiger partial charge in [0.25, 0.3) is 0 Å². The zero-order valence-electron chi connectivity index (χ0n) is 11.5. The monoisotopic (exact) mass is 409 g/mol. The summed E-state index contributed by atoms with van der Waals surface area (Å²) in [6, 6.07) is 0.497. The lowest BCUT2D eigenvalue weighted by molar-refractivity contribution is -0.276. The van der Waals surface area contributed by atoms with E-state index in [-0.39, 0.29) is 23.1 Å². The zero-order chi connectivity index (χ0) is 17.8. The molecule has 11 heteroatoms. The fraction of sp³-hybridized carbons (Fsp3) is 0.500. The van der Waals surface area contributed by atoms with E-state index in [2.05, 4.69) is 30.4 Å². The minimum absolute atomic E-state index is 0.0222. The van der Waals surface area contributed by atoms with E-state index in [1.807, 2.05) is 0 Å². The van der Waals surface area contributed by atoms with Crippen molar-refractivity contribution in [3.8, 4) is 5.88 Å². The lowest BCUT2D eigenvalue weighted by atomic mass is 10.1. The number of rotatable bonds is 5. The summed E-state index contributed by atoms with van der Waals surface area (Å²) >= 11 is 2.85. The van der Waals surface area contributed by atoms with E-state index in [4.69, 9.17) is 0 Å². The molecule has 0 aliphatic rings. The van der Waals surface area contributed by atoms with Gasteiger partial charge in [0, 0.05) is 10.9 Å². The van der Waals surface area contributed by atoms with Gasteiger partial charge >= 0.3 is 18.5 Å². The molecule has 0 unspecified atom stereocenters. The smallest absolute Gasteiger partial charge is 0.466 e. The van der Waals surface area contributed by atoms with Crippen LogP contribution in [0.1, 0.15) is 23.7 Å². The van der Waals surface area contributed by atoms with Gasteiger partial charge in [-0.05, 0) is 18.6 Å². The molecule has 0 aliphatic heterocycles. The molecule has 130 valence electrons. The van der Waals surface area contributed by atoms with Crippen LogP contribution in [0.3, 0.4) is 0 Å². The summed E-state index contributed by atoms with van der Waals surface area (Å²) in [4.78, 5) is 14.3. The molecule has 0 amide bonds. The molecular formula is C12H10BrF6NO3. The van der Waals surface area contributed by atoms with Crippen LogP contribution in [-0.4, -0.2) is 23.9 Å². The van der Waals surface area contributed by atoms with Gasteiger partial charge in [0.1, 0.15) is 5.69 Å². The number of carbonyl (C=O) groups is 1. The van der Waals surface area contributed by atoms with Gasteiger partial charge in [-0.1, -0.05) is 15.9 Å². The Labute approximate surface area is 134 Å². The topological polar surface area (TPSA) is 48.4 Å². The van der Waals surface area contributed by atoms with Crippen molar-refractivity contribution in [1.82, 2.24) is 4.98 Å². The number of hydrogen-bond acceptors (Lipinski definition) is 4. The van der Waals surface area contributed by atoms with E-state index in [9.17, 15) is 31.1 Å². The lowest BCUT2D eigenvalue weighted by Crippen LogP contribution is -2.22. The standard InChI is InChI=1S/C12H10BrF6NO3/c1-2-22-9(21)4-6-3-8(11(14,15)16)20-10(7(6)5-13)23-12(17,18)19/h3H,2,4-5H2,1H3. The van der Waals surface area contributed by atoms with Gasteiger partial charge in [0.2, 0.25) is 5.88 Å². The van der Waals surface area contributed by atoms with E-state index in [0.29, 0.717) is 6.07 Å². The first-order valence-electron chi connectivity index (χ1n) is 6.05. The van der Waals surface area contributed by atoms with Crippen molar-refractivity contribution in [3.63, 3.8) is 0 Å². The van der Waals surface area contributed by atoms with Crippen molar-refractivity contribution in [3.05, 3.63) is 22.9 Å². The Kier molecular flexibility index (Phi) is 6.25. The molecule has 1 rings (SSSR count). The van der Waals surface area contributed by atoms with Crippen LogP contribution in [0.25, 0.3) is 0 Å². The molecule has 0 bridgehead atoms. The molecular weight excluding hydrogens is 400 g/mol. The number of carbonyl (C=O) groups excluding carboxylic acids is 1. The zero-order valence-corrected chi connectivity index (χ0v) is 13.1. The highest BCUT2D eigenvalue weighted by molar-refractivity contribution is 9.08. The second-order valence-electron chi connectivity index (χ2n) is 4.11. The molecule has 0 fully saturated rings. The van der Waals surface area contributed by atoms with Crippen LogP contribution in [0.5, 0.6) is 5.88 Å². The van der Waals surface area contributed by atoms with Gasteiger partial charge in [-0.25, -0.2) is 4.98 Å². The highest BCUT2D eigenvalue weighted by Gasteiger charge is 2.38. The molecule has 23 heavy (non-hydrogen) atoms. The first kappa shape index (κ1) is 19.5. The molecule has 4 nitrogen and oxygen atoms in total. The molecule has 1 aromatic rings. The molecule has 0 N–H and O–H groups in total. The number of nitrogens with zero attached hydrogens (tertiary/aromatic N) is 1. The average molecular weight is 410 g/mol. The number of ether oxygens (including phenoxy) is 2. The van der Waals surface area contributed by atoms with E-state index in [1.165, 1.54) is 6.92 Å². The maximum absolute atomic E-state index is 12.8. The van der Waals surface area contributed by atoms with Crippen LogP contribution < -0.4 is 4.74 Å². The second-order valence-corrected chi connectivity index (χ2v) is 4.67. The Hall–Kier alpha value is -1.52. The predicted molar refractivity (Wildman–Crippen MR) is 68.9 cm³/mol. The minimum Gasteiger partial charge on any atom is -0.466 e.